The largest absolute Gasteiger partial charge is 0.360 e. The van der Waals surface area contributed by atoms with Gasteiger partial charge in [0.15, 0.2) is 5.82 Å². The van der Waals surface area contributed by atoms with Crippen LogP contribution in [-0.2, 0) is 10.0 Å². The molecule has 0 aliphatic carbocycles. The molecule has 0 saturated carbocycles. The van der Waals surface area contributed by atoms with Gasteiger partial charge in [-0.15, -0.1) is 0 Å². The summed E-state index contributed by atoms with van der Waals surface area (Å²) >= 11 is 0. The van der Waals surface area contributed by atoms with Crippen molar-refractivity contribution in [2.45, 2.75) is 11.8 Å². The van der Waals surface area contributed by atoms with Crippen LogP contribution in [0, 0.1) is 6.92 Å². The van der Waals surface area contributed by atoms with Crippen molar-refractivity contribution in [3.05, 3.63) is 72.7 Å². The molecule has 2 aromatic carbocycles. The molecular weight excluding hydrogens is 322 g/mol. The molecule has 0 amide bonds. The number of nitrogens with one attached hydrogen (secondary N) is 1. The highest BCUT2D eigenvalue weighted by Gasteiger charge is 2.22. The van der Waals surface area contributed by atoms with E-state index < -0.39 is 10.0 Å². The number of aryl methyl sites for hydroxylation is 1. The van der Waals surface area contributed by atoms with Crippen LogP contribution in [0.1, 0.15) is 5.56 Å². The molecule has 5 nitrogen and oxygen atoms in total. The summed E-state index contributed by atoms with van der Waals surface area (Å²) in [6.07, 6.45) is 4.77. The summed E-state index contributed by atoms with van der Waals surface area (Å²) < 4.78 is 27.2. The lowest BCUT2D eigenvalue weighted by molar-refractivity contribution is 0.588. The first-order valence-electron chi connectivity index (χ1n) is 7.49. The Balaban J connectivity index is 1.90. The second-order valence-electron chi connectivity index (χ2n) is 5.61. The lowest BCUT2D eigenvalue weighted by Gasteiger charge is -2.09. The van der Waals surface area contributed by atoms with Gasteiger partial charge in [-0.05, 0) is 25.1 Å². The van der Waals surface area contributed by atoms with Crippen molar-refractivity contribution in [3.63, 3.8) is 0 Å². The Morgan fingerprint density at radius 1 is 1.04 bits per heavy atom. The van der Waals surface area contributed by atoms with Crippen LogP contribution in [0.5, 0.6) is 0 Å². The predicted octanol–water partition coefficient (Wildman–Crippen LogP) is 3.58. The van der Waals surface area contributed by atoms with Crippen molar-refractivity contribution in [1.29, 1.82) is 0 Å². The zero-order valence-corrected chi connectivity index (χ0v) is 13.8. The molecule has 0 saturated heterocycles. The zero-order chi connectivity index (χ0) is 16.7. The standard InChI is InChI=1S/C18H15N3O2S/c1-13-6-8-14(9-7-13)24(22,23)21-11-10-19-18(21)16-12-20-17-5-3-2-4-15(16)17/h2-12,20H,1H3. The summed E-state index contributed by atoms with van der Waals surface area (Å²) in [6, 6.07) is 14.5. The third kappa shape index (κ3) is 2.23. The van der Waals surface area contributed by atoms with E-state index in [1.54, 1.807) is 30.5 Å². The summed E-state index contributed by atoms with van der Waals surface area (Å²) in [4.78, 5) is 7.68. The number of rotatable bonds is 3. The molecule has 120 valence electrons. The summed E-state index contributed by atoms with van der Waals surface area (Å²) in [7, 11) is -3.70. The molecule has 1 N–H and O–H groups in total. The number of aromatic amines is 1. The maximum Gasteiger partial charge on any atom is 0.269 e. The maximum atomic E-state index is 13.0. The molecular formula is C18H15N3O2S. The van der Waals surface area contributed by atoms with Gasteiger partial charge >= 0.3 is 0 Å². The maximum absolute atomic E-state index is 13.0. The van der Waals surface area contributed by atoms with Crippen molar-refractivity contribution >= 4 is 20.9 Å². The lowest BCUT2D eigenvalue weighted by atomic mass is 10.2. The Morgan fingerprint density at radius 3 is 2.58 bits per heavy atom. The number of fused-ring (bicyclic) bond motifs is 1. The van der Waals surface area contributed by atoms with Gasteiger partial charge in [0.05, 0.1) is 4.90 Å². The number of nitrogens with zero attached hydrogens (tertiary/aromatic N) is 2. The van der Waals surface area contributed by atoms with E-state index in [4.69, 9.17) is 0 Å². The van der Waals surface area contributed by atoms with Gasteiger partial charge < -0.3 is 4.98 Å². The highest BCUT2D eigenvalue weighted by molar-refractivity contribution is 7.90. The van der Waals surface area contributed by atoms with Crippen LogP contribution < -0.4 is 0 Å². The average Bonchev–Trinajstić information content (AvgIpc) is 3.22. The summed E-state index contributed by atoms with van der Waals surface area (Å²) in [5.74, 6) is 0.396. The number of para-hydroxylation sites is 1. The fraction of sp³-hybridized carbons (Fsp3) is 0.0556. The summed E-state index contributed by atoms with van der Waals surface area (Å²) in [6.45, 7) is 1.92. The van der Waals surface area contributed by atoms with Gasteiger partial charge in [-0.3, -0.25) is 0 Å². The Hall–Kier alpha value is -2.86. The normalized spacial score (nSPS) is 11.9. The molecule has 4 rings (SSSR count). The minimum Gasteiger partial charge on any atom is -0.360 e. The number of H-pyrrole nitrogens is 1. The van der Waals surface area contributed by atoms with Gasteiger partial charge in [-0.2, -0.15) is 0 Å². The second kappa shape index (κ2) is 5.35. The lowest BCUT2D eigenvalue weighted by Crippen LogP contribution is -2.13. The van der Waals surface area contributed by atoms with Crippen molar-refractivity contribution in [2.75, 3.05) is 0 Å². The van der Waals surface area contributed by atoms with E-state index >= 15 is 0 Å². The first-order valence-corrected chi connectivity index (χ1v) is 8.93. The van der Waals surface area contributed by atoms with E-state index in [2.05, 4.69) is 9.97 Å². The number of hydrogen-bond acceptors (Lipinski definition) is 3. The van der Waals surface area contributed by atoms with E-state index in [1.165, 1.54) is 16.4 Å². The van der Waals surface area contributed by atoms with Gasteiger partial charge in [-0.25, -0.2) is 17.4 Å². The highest BCUT2D eigenvalue weighted by Crippen LogP contribution is 2.29. The van der Waals surface area contributed by atoms with Gasteiger partial charge in [0, 0.05) is 35.1 Å². The molecule has 0 aliphatic heterocycles. The summed E-state index contributed by atoms with van der Waals surface area (Å²) in [5.41, 5.74) is 2.71. The van der Waals surface area contributed by atoms with Gasteiger partial charge in [0.1, 0.15) is 0 Å². The molecule has 6 heteroatoms. The zero-order valence-electron chi connectivity index (χ0n) is 13.0. The molecule has 0 spiro atoms. The van der Waals surface area contributed by atoms with Gasteiger partial charge in [0.2, 0.25) is 0 Å². The van der Waals surface area contributed by atoms with Gasteiger partial charge in [-0.1, -0.05) is 35.9 Å². The molecule has 0 radical (unpaired) electrons. The quantitative estimate of drug-likeness (QED) is 0.621. The molecule has 2 aromatic heterocycles. The predicted molar refractivity (Wildman–Crippen MR) is 93.3 cm³/mol. The third-order valence-corrected chi connectivity index (χ3v) is 5.70. The first-order chi connectivity index (χ1) is 11.6. The van der Waals surface area contributed by atoms with E-state index in [0.29, 0.717) is 5.82 Å². The van der Waals surface area contributed by atoms with Crippen molar-refractivity contribution < 1.29 is 8.42 Å². The smallest absolute Gasteiger partial charge is 0.269 e. The molecule has 2 heterocycles. The van der Waals surface area contributed by atoms with Crippen LogP contribution in [0.25, 0.3) is 22.3 Å². The monoisotopic (exact) mass is 337 g/mol. The van der Waals surface area contributed by atoms with Crippen LogP contribution in [0.3, 0.4) is 0 Å². The fourth-order valence-electron chi connectivity index (χ4n) is 2.75. The Bertz CT molecular complexity index is 1120. The Kier molecular flexibility index (Phi) is 3.28. The molecule has 0 aliphatic rings. The Labute approximate surface area is 139 Å². The van der Waals surface area contributed by atoms with E-state index in [1.807, 2.05) is 31.2 Å². The third-order valence-electron chi connectivity index (χ3n) is 4.02. The number of aromatic nitrogens is 3. The molecule has 0 atom stereocenters. The van der Waals surface area contributed by atoms with Crippen molar-refractivity contribution in [2.24, 2.45) is 0 Å². The summed E-state index contributed by atoms with van der Waals surface area (Å²) in [5, 5.41) is 0.934. The van der Waals surface area contributed by atoms with E-state index in [9.17, 15) is 8.42 Å². The number of hydrogen-bond donors (Lipinski definition) is 1. The van der Waals surface area contributed by atoms with Crippen LogP contribution >= 0.6 is 0 Å². The SMILES string of the molecule is Cc1ccc(S(=O)(=O)n2ccnc2-c2c[nH]c3ccccc23)cc1. The molecule has 24 heavy (non-hydrogen) atoms. The first kappa shape index (κ1) is 14.7. The minimum absolute atomic E-state index is 0.243. The Morgan fingerprint density at radius 2 is 1.79 bits per heavy atom. The average molecular weight is 337 g/mol. The second-order valence-corrected chi connectivity index (χ2v) is 7.43. The highest BCUT2D eigenvalue weighted by atomic mass is 32.2. The van der Waals surface area contributed by atoms with Crippen LogP contribution in [-0.4, -0.2) is 22.4 Å². The van der Waals surface area contributed by atoms with Crippen molar-refractivity contribution in [3.8, 4) is 11.4 Å². The number of benzene rings is 2. The number of imidazole rings is 1. The molecule has 0 fully saturated rings. The topological polar surface area (TPSA) is 67.8 Å². The van der Waals surface area contributed by atoms with Crippen LogP contribution in [0.15, 0.2) is 72.0 Å². The molecule has 0 bridgehead atoms. The van der Waals surface area contributed by atoms with Gasteiger partial charge in [0.25, 0.3) is 10.0 Å². The van der Waals surface area contributed by atoms with E-state index in [-0.39, 0.29) is 4.90 Å². The van der Waals surface area contributed by atoms with Crippen LogP contribution in [0.4, 0.5) is 0 Å². The van der Waals surface area contributed by atoms with Crippen molar-refractivity contribution in [1.82, 2.24) is 13.9 Å². The fourth-order valence-corrected chi connectivity index (χ4v) is 4.05. The van der Waals surface area contributed by atoms with Crippen LogP contribution in [0.2, 0.25) is 0 Å². The minimum atomic E-state index is -3.70. The molecule has 4 aromatic rings. The molecule has 0 unspecified atom stereocenters. The van der Waals surface area contributed by atoms with E-state index in [0.717, 1.165) is 22.0 Å².